The maximum Gasteiger partial charge on any atom is 0.326 e. The number of anilines is 1. The molecular formula is C33H35N5O7. The number of carbonyl (C=O) groups excluding carboxylic acids is 3. The maximum atomic E-state index is 14.0. The van der Waals surface area contributed by atoms with Gasteiger partial charge in [-0.05, 0) is 46.9 Å². The van der Waals surface area contributed by atoms with E-state index in [0.717, 1.165) is 32.9 Å². The zero-order valence-corrected chi connectivity index (χ0v) is 24.9. The van der Waals surface area contributed by atoms with E-state index >= 15 is 0 Å². The van der Waals surface area contributed by atoms with Gasteiger partial charge in [-0.1, -0.05) is 62.4 Å². The molecule has 4 amide bonds. The maximum absolute atomic E-state index is 14.0. The van der Waals surface area contributed by atoms with Crippen LogP contribution < -0.4 is 16.0 Å². The molecule has 12 heteroatoms. The number of aromatic nitrogens is 1. The third kappa shape index (κ3) is 7.06. The lowest BCUT2D eigenvalue weighted by Gasteiger charge is -2.35. The molecule has 0 saturated heterocycles. The SMILES string of the molecule is CC(C)C[C@H](NC(=O)[C@H]1Cc2c([nH]c3ccccc23)CN1C(=O)Nc1ccc2ccccc2c1)C(=O)N[C@@H](CC(=O)O)C(=O)O. The van der Waals surface area contributed by atoms with Crippen LogP contribution in [-0.2, 0) is 32.1 Å². The highest BCUT2D eigenvalue weighted by molar-refractivity contribution is 5.99. The van der Waals surface area contributed by atoms with Gasteiger partial charge in [0.25, 0.3) is 0 Å². The zero-order valence-electron chi connectivity index (χ0n) is 24.9. The van der Waals surface area contributed by atoms with E-state index in [1.165, 1.54) is 4.90 Å². The first kappa shape index (κ1) is 31.0. The topological polar surface area (TPSA) is 181 Å². The standard InChI is InChI=1S/C33H35N5O7/c1-18(2)13-25(30(41)37-26(32(43)44)16-29(39)40)36-31(42)28-15-23-22-9-5-6-10-24(22)35-27(23)17-38(28)33(45)34-21-12-11-19-7-3-4-8-20(19)14-21/h3-12,14,18,25-26,28,35H,13,15-17H2,1-2H3,(H,34,45)(H,36,42)(H,37,41)(H,39,40)(H,43,44)/t25-,26-,28+/m0/s1. The second-order valence-electron chi connectivity index (χ2n) is 11.7. The van der Waals surface area contributed by atoms with Crippen molar-refractivity contribution in [3.05, 3.63) is 78.0 Å². The second kappa shape index (κ2) is 13.1. The molecule has 12 nitrogen and oxygen atoms in total. The summed E-state index contributed by atoms with van der Waals surface area (Å²) in [5.41, 5.74) is 3.10. The van der Waals surface area contributed by atoms with Gasteiger partial charge in [0, 0.05) is 28.7 Å². The van der Waals surface area contributed by atoms with Gasteiger partial charge in [-0.25, -0.2) is 9.59 Å². The van der Waals surface area contributed by atoms with Crippen LogP contribution in [0.3, 0.4) is 0 Å². The van der Waals surface area contributed by atoms with Gasteiger partial charge in [0.2, 0.25) is 11.8 Å². The molecule has 0 fully saturated rings. The molecule has 0 saturated carbocycles. The van der Waals surface area contributed by atoms with Gasteiger partial charge in [0.05, 0.1) is 13.0 Å². The van der Waals surface area contributed by atoms with Crippen LogP contribution in [0.25, 0.3) is 21.7 Å². The van der Waals surface area contributed by atoms with E-state index < -0.39 is 54.3 Å². The van der Waals surface area contributed by atoms with Gasteiger partial charge >= 0.3 is 18.0 Å². The summed E-state index contributed by atoms with van der Waals surface area (Å²) in [4.78, 5) is 68.5. The van der Waals surface area contributed by atoms with E-state index in [2.05, 4.69) is 20.9 Å². The number of carboxylic acids is 2. The number of aromatic amines is 1. The van der Waals surface area contributed by atoms with Crippen LogP contribution in [0.15, 0.2) is 66.7 Å². The predicted octanol–water partition coefficient (Wildman–Crippen LogP) is 3.85. The third-order valence-corrected chi connectivity index (χ3v) is 7.90. The van der Waals surface area contributed by atoms with E-state index in [9.17, 15) is 29.1 Å². The molecule has 0 radical (unpaired) electrons. The number of fused-ring (bicyclic) bond motifs is 4. The van der Waals surface area contributed by atoms with Crippen molar-refractivity contribution in [1.29, 1.82) is 0 Å². The summed E-state index contributed by atoms with van der Waals surface area (Å²) in [5, 5.41) is 29.3. The van der Waals surface area contributed by atoms with Crippen LogP contribution in [0.5, 0.6) is 0 Å². The minimum atomic E-state index is -1.67. The molecule has 1 aliphatic rings. The van der Waals surface area contributed by atoms with Crippen LogP contribution in [0, 0.1) is 5.92 Å². The largest absolute Gasteiger partial charge is 0.481 e. The van der Waals surface area contributed by atoms with Crippen molar-refractivity contribution >= 4 is 57.1 Å². The first-order chi connectivity index (χ1) is 21.5. The van der Waals surface area contributed by atoms with E-state index in [1.54, 1.807) is 6.07 Å². The Kier molecular flexibility index (Phi) is 9.03. The van der Waals surface area contributed by atoms with Crippen molar-refractivity contribution in [3.63, 3.8) is 0 Å². The number of rotatable bonds is 10. The average Bonchev–Trinajstić information content (AvgIpc) is 3.36. The summed E-state index contributed by atoms with van der Waals surface area (Å²) in [6, 6.07) is 16.5. The number of amides is 4. The summed E-state index contributed by atoms with van der Waals surface area (Å²) in [7, 11) is 0. The van der Waals surface area contributed by atoms with Crippen molar-refractivity contribution in [1.82, 2.24) is 20.5 Å². The molecule has 3 aromatic carbocycles. The minimum Gasteiger partial charge on any atom is -0.481 e. The first-order valence-corrected chi connectivity index (χ1v) is 14.7. The number of aliphatic carboxylic acids is 2. The Labute approximate surface area is 258 Å². The number of H-pyrrole nitrogens is 1. The lowest BCUT2D eigenvalue weighted by atomic mass is 9.95. The number of carboxylic acid groups (broad SMARTS) is 2. The van der Waals surface area contributed by atoms with Gasteiger partial charge in [-0.2, -0.15) is 0 Å². The summed E-state index contributed by atoms with van der Waals surface area (Å²) in [5.74, 6) is -4.39. The zero-order chi connectivity index (χ0) is 32.2. The molecule has 3 atom stereocenters. The number of hydrogen-bond donors (Lipinski definition) is 6. The highest BCUT2D eigenvalue weighted by Crippen LogP contribution is 2.31. The highest BCUT2D eigenvalue weighted by Gasteiger charge is 2.38. The Bertz CT molecular complexity index is 1780. The van der Waals surface area contributed by atoms with Crippen molar-refractivity contribution in [2.45, 2.75) is 57.8 Å². The fourth-order valence-corrected chi connectivity index (χ4v) is 5.74. The summed E-state index contributed by atoms with van der Waals surface area (Å²) in [6.07, 6.45) is -0.494. The van der Waals surface area contributed by atoms with Crippen molar-refractivity contribution in [2.24, 2.45) is 5.92 Å². The van der Waals surface area contributed by atoms with Crippen LogP contribution in [-0.4, -0.2) is 68.0 Å². The number of carbonyl (C=O) groups is 5. The fourth-order valence-electron chi connectivity index (χ4n) is 5.74. The number of benzene rings is 3. The molecule has 45 heavy (non-hydrogen) atoms. The summed E-state index contributed by atoms with van der Waals surface area (Å²) in [6.45, 7) is 3.77. The normalized spacial score (nSPS) is 15.7. The molecular weight excluding hydrogens is 578 g/mol. The van der Waals surface area contributed by atoms with Crippen molar-refractivity contribution in [3.8, 4) is 0 Å². The molecule has 0 unspecified atom stereocenters. The second-order valence-corrected chi connectivity index (χ2v) is 11.7. The number of hydrogen-bond acceptors (Lipinski definition) is 5. The fraction of sp³-hybridized carbons (Fsp3) is 0.303. The quantitative estimate of drug-likeness (QED) is 0.157. The number of para-hydroxylation sites is 1. The molecule has 234 valence electrons. The Morgan fingerprint density at radius 1 is 0.911 bits per heavy atom. The van der Waals surface area contributed by atoms with Crippen LogP contribution >= 0.6 is 0 Å². The van der Waals surface area contributed by atoms with E-state index in [0.29, 0.717) is 5.69 Å². The molecule has 0 bridgehead atoms. The molecule has 1 aliphatic heterocycles. The molecule has 6 N–H and O–H groups in total. The lowest BCUT2D eigenvalue weighted by Crippen LogP contribution is -2.58. The molecule has 0 aliphatic carbocycles. The van der Waals surface area contributed by atoms with E-state index in [-0.39, 0.29) is 25.3 Å². The Morgan fingerprint density at radius 3 is 2.33 bits per heavy atom. The van der Waals surface area contributed by atoms with Gasteiger partial charge in [0.1, 0.15) is 18.1 Å². The Hall–Kier alpha value is -5.39. The van der Waals surface area contributed by atoms with Gasteiger partial charge in [0.15, 0.2) is 0 Å². The van der Waals surface area contributed by atoms with Gasteiger partial charge in [-0.3, -0.25) is 14.4 Å². The van der Waals surface area contributed by atoms with Crippen molar-refractivity contribution < 1.29 is 34.2 Å². The van der Waals surface area contributed by atoms with Gasteiger partial charge < -0.3 is 36.0 Å². The monoisotopic (exact) mass is 613 g/mol. The number of nitrogens with one attached hydrogen (secondary N) is 4. The highest BCUT2D eigenvalue weighted by atomic mass is 16.4. The molecule has 4 aromatic rings. The Balaban J connectivity index is 1.43. The van der Waals surface area contributed by atoms with Crippen molar-refractivity contribution in [2.75, 3.05) is 5.32 Å². The Morgan fingerprint density at radius 2 is 1.62 bits per heavy atom. The van der Waals surface area contributed by atoms with E-state index in [4.69, 9.17) is 5.11 Å². The lowest BCUT2D eigenvalue weighted by molar-refractivity contribution is -0.147. The van der Waals surface area contributed by atoms with E-state index in [1.807, 2.05) is 74.5 Å². The first-order valence-electron chi connectivity index (χ1n) is 14.7. The number of urea groups is 1. The summed E-state index contributed by atoms with van der Waals surface area (Å²) >= 11 is 0. The van der Waals surface area contributed by atoms with Crippen LogP contribution in [0.4, 0.5) is 10.5 Å². The smallest absolute Gasteiger partial charge is 0.326 e. The minimum absolute atomic E-state index is 0.0808. The van der Waals surface area contributed by atoms with Gasteiger partial charge in [-0.15, -0.1) is 0 Å². The molecule has 2 heterocycles. The molecule has 5 rings (SSSR count). The van der Waals surface area contributed by atoms with Crippen LogP contribution in [0.1, 0.15) is 37.9 Å². The summed E-state index contributed by atoms with van der Waals surface area (Å²) < 4.78 is 0. The molecule has 1 aromatic heterocycles. The third-order valence-electron chi connectivity index (χ3n) is 7.90. The average molecular weight is 614 g/mol. The molecule has 0 spiro atoms. The van der Waals surface area contributed by atoms with Crippen LogP contribution in [0.2, 0.25) is 0 Å². The predicted molar refractivity (Wildman–Crippen MR) is 168 cm³/mol. The number of nitrogens with zero attached hydrogens (tertiary/aromatic N) is 1.